The Balaban J connectivity index is 0. The second-order valence-electron chi connectivity index (χ2n) is 3.50. The van der Waals surface area contributed by atoms with E-state index in [4.69, 9.17) is 0 Å². The van der Waals surface area contributed by atoms with Gasteiger partial charge in [-0.3, -0.25) is 0 Å². The van der Waals surface area contributed by atoms with Gasteiger partial charge in [0, 0.05) is 13.1 Å². The summed E-state index contributed by atoms with van der Waals surface area (Å²) >= 11 is 0. The largest absolute Gasteiger partial charge is 4.00 e. The van der Waals surface area contributed by atoms with Crippen LogP contribution in [0.5, 0.6) is 0 Å². The molecule has 0 saturated heterocycles. The van der Waals surface area contributed by atoms with Gasteiger partial charge in [0.1, 0.15) is 0 Å². The molecule has 0 saturated carbocycles. The Labute approximate surface area is 118 Å². The third kappa shape index (κ3) is 11.3. The van der Waals surface area contributed by atoms with Crippen LogP contribution in [-0.2, 0) is 21.7 Å². The van der Waals surface area contributed by atoms with Gasteiger partial charge >= 0.3 is 21.7 Å². The van der Waals surface area contributed by atoms with Crippen molar-refractivity contribution in [2.75, 3.05) is 65.7 Å². The average Bonchev–Trinajstić information content (AvgIpc) is 2.27. The normalized spacial score (nSPS) is 10.9. The standard InChI is InChI=1S/C10H20N2O4.Ti/c13-7-3-11(4-8-14)1-2-12(5-9-15)6-10-16;/h1-10H2;/q-4;+4. The van der Waals surface area contributed by atoms with E-state index in [0.29, 0.717) is 39.3 Å². The molecule has 0 aliphatic rings. The second kappa shape index (κ2) is 14.5. The molecule has 0 heterocycles. The van der Waals surface area contributed by atoms with E-state index in [9.17, 15) is 20.4 Å². The molecule has 0 amide bonds. The van der Waals surface area contributed by atoms with E-state index in [0.717, 1.165) is 0 Å². The molecule has 7 heteroatoms. The van der Waals surface area contributed by atoms with Crippen LogP contribution in [0, 0.1) is 0 Å². The maximum absolute atomic E-state index is 10.5. The molecule has 0 radical (unpaired) electrons. The summed E-state index contributed by atoms with van der Waals surface area (Å²) in [5, 5.41) is 41.8. The van der Waals surface area contributed by atoms with Crippen molar-refractivity contribution in [2.24, 2.45) is 0 Å². The third-order valence-corrected chi connectivity index (χ3v) is 2.36. The van der Waals surface area contributed by atoms with Crippen molar-refractivity contribution >= 4 is 0 Å². The average molecular weight is 280 g/mol. The van der Waals surface area contributed by atoms with Gasteiger partial charge in [0.2, 0.25) is 0 Å². The Kier molecular flexibility index (Phi) is 16.9. The molecule has 0 rings (SSSR count). The molecule has 0 N–H and O–H groups in total. The van der Waals surface area contributed by atoms with E-state index in [-0.39, 0.29) is 48.1 Å². The Hall–Kier alpha value is 0.474. The predicted molar refractivity (Wildman–Crippen MR) is 52.3 cm³/mol. The topological polar surface area (TPSA) is 98.7 Å². The van der Waals surface area contributed by atoms with E-state index in [1.165, 1.54) is 0 Å². The molecule has 98 valence electrons. The minimum atomic E-state index is -0.233. The number of hydrogen-bond acceptors (Lipinski definition) is 6. The summed E-state index contributed by atoms with van der Waals surface area (Å²) in [4.78, 5) is 3.56. The number of rotatable bonds is 11. The molecule has 0 atom stereocenters. The van der Waals surface area contributed by atoms with Gasteiger partial charge in [0.05, 0.1) is 0 Å². The molecule has 17 heavy (non-hydrogen) atoms. The summed E-state index contributed by atoms with van der Waals surface area (Å²) in [6, 6.07) is 0. The van der Waals surface area contributed by atoms with Crippen LogP contribution < -0.4 is 20.4 Å². The van der Waals surface area contributed by atoms with Crippen molar-refractivity contribution in [3.05, 3.63) is 0 Å². The van der Waals surface area contributed by atoms with Gasteiger partial charge in [0.25, 0.3) is 0 Å². The minimum Gasteiger partial charge on any atom is -0.854 e. The molecule has 0 bridgehead atoms. The van der Waals surface area contributed by atoms with Crippen LogP contribution in [0.3, 0.4) is 0 Å². The van der Waals surface area contributed by atoms with Crippen LogP contribution >= 0.6 is 0 Å². The van der Waals surface area contributed by atoms with Crippen LogP contribution in [0.15, 0.2) is 0 Å². The molecule has 0 aromatic rings. The summed E-state index contributed by atoms with van der Waals surface area (Å²) in [7, 11) is 0. The first-order chi connectivity index (χ1) is 7.78. The molecule has 0 fully saturated rings. The quantitative estimate of drug-likeness (QED) is 0.352. The van der Waals surface area contributed by atoms with Gasteiger partial charge < -0.3 is 30.2 Å². The molecule has 6 nitrogen and oxygen atoms in total. The smallest absolute Gasteiger partial charge is 0.854 e. The first kappa shape index (κ1) is 19.8. The van der Waals surface area contributed by atoms with Gasteiger partial charge in [-0.25, -0.2) is 0 Å². The maximum atomic E-state index is 10.5. The van der Waals surface area contributed by atoms with Crippen molar-refractivity contribution in [1.82, 2.24) is 9.80 Å². The first-order valence-electron chi connectivity index (χ1n) is 5.55. The third-order valence-electron chi connectivity index (χ3n) is 2.36. The number of hydrogen-bond donors (Lipinski definition) is 0. The summed E-state index contributed by atoms with van der Waals surface area (Å²) < 4.78 is 0. The fourth-order valence-electron chi connectivity index (χ4n) is 1.47. The fourth-order valence-corrected chi connectivity index (χ4v) is 1.47. The summed E-state index contributed by atoms with van der Waals surface area (Å²) in [5.74, 6) is 0. The Morgan fingerprint density at radius 1 is 0.471 bits per heavy atom. The Morgan fingerprint density at radius 3 is 0.882 bits per heavy atom. The Morgan fingerprint density at radius 2 is 0.706 bits per heavy atom. The molecule has 0 aromatic heterocycles. The van der Waals surface area contributed by atoms with E-state index in [2.05, 4.69) is 0 Å². The zero-order valence-corrected chi connectivity index (χ0v) is 11.7. The summed E-state index contributed by atoms with van der Waals surface area (Å²) in [6.45, 7) is 1.62. The van der Waals surface area contributed by atoms with Crippen molar-refractivity contribution in [2.45, 2.75) is 0 Å². The molecule has 0 unspecified atom stereocenters. The minimum absolute atomic E-state index is 0. The van der Waals surface area contributed by atoms with Crippen LogP contribution in [0.25, 0.3) is 0 Å². The number of nitrogens with zero attached hydrogens (tertiary/aromatic N) is 2. The van der Waals surface area contributed by atoms with E-state index in [1.54, 1.807) is 9.80 Å². The van der Waals surface area contributed by atoms with Gasteiger partial charge in [-0.2, -0.15) is 0 Å². The summed E-state index contributed by atoms with van der Waals surface area (Å²) in [6.07, 6.45) is 0. The molecule has 0 aliphatic heterocycles. The van der Waals surface area contributed by atoms with Crippen LogP contribution in [0.4, 0.5) is 0 Å². The van der Waals surface area contributed by atoms with Crippen LogP contribution in [0.1, 0.15) is 0 Å². The van der Waals surface area contributed by atoms with Gasteiger partial charge in [-0.05, 0) is 26.2 Å². The summed E-state index contributed by atoms with van der Waals surface area (Å²) in [5.41, 5.74) is 0. The van der Waals surface area contributed by atoms with Gasteiger partial charge in [-0.15, -0.1) is 26.4 Å². The molecular formula is C10H20N2O4Ti. The molecular weight excluding hydrogens is 260 g/mol. The van der Waals surface area contributed by atoms with E-state index < -0.39 is 0 Å². The van der Waals surface area contributed by atoms with Crippen molar-refractivity contribution in [3.8, 4) is 0 Å². The predicted octanol–water partition coefficient (Wildman–Crippen LogP) is -4.97. The first-order valence-corrected chi connectivity index (χ1v) is 5.55. The molecule has 0 spiro atoms. The van der Waals surface area contributed by atoms with E-state index in [1.807, 2.05) is 0 Å². The fraction of sp³-hybridized carbons (Fsp3) is 1.00. The van der Waals surface area contributed by atoms with Gasteiger partial charge in [0.15, 0.2) is 0 Å². The Bertz CT molecular complexity index is 126. The van der Waals surface area contributed by atoms with Crippen molar-refractivity contribution < 1.29 is 42.1 Å². The van der Waals surface area contributed by atoms with Crippen molar-refractivity contribution in [1.29, 1.82) is 0 Å². The van der Waals surface area contributed by atoms with E-state index >= 15 is 0 Å². The van der Waals surface area contributed by atoms with Gasteiger partial charge in [-0.1, -0.05) is 0 Å². The SMILES string of the molecule is [O-]CCN(CC[O-])CCN(CC[O-])CC[O-].[Ti+4]. The zero-order chi connectivity index (χ0) is 12.2. The maximum Gasteiger partial charge on any atom is 4.00 e. The van der Waals surface area contributed by atoms with Crippen LogP contribution in [-0.4, -0.2) is 75.5 Å². The molecule has 0 aliphatic carbocycles. The monoisotopic (exact) mass is 280 g/mol. The van der Waals surface area contributed by atoms with Crippen LogP contribution in [0.2, 0.25) is 0 Å². The molecule has 0 aromatic carbocycles. The zero-order valence-electron chi connectivity index (χ0n) is 10.1. The second-order valence-corrected chi connectivity index (χ2v) is 3.50. The van der Waals surface area contributed by atoms with Crippen molar-refractivity contribution in [3.63, 3.8) is 0 Å².